The van der Waals surface area contributed by atoms with Gasteiger partial charge >= 0.3 is 0 Å². The van der Waals surface area contributed by atoms with E-state index in [4.69, 9.17) is 4.42 Å². The van der Waals surface area contributed by atoms with Gasteiger partial charge in [-0.3, -0.25) is 4.79 Å². The number of aryl methyl sites for hydroxylation is 1. The average Bonchev–Trinajstić information content (AvgIpc) is 2.76. The fourth-order valence-corrected chi connectivity index (χ4v) is 2.82. The molecule has 3 aromatic rings. The summed E-state index contributed by atoms with van der Waals surface area (Å²) in [5.74, 6) is -0.143. The molecule has 2 aromatic carbocycles. The van der Waals surface area contributed by atoms with E-state index in [0.717, 1.165) is 10.0 Å². The third-order valence-corrected chi connectivity index (χ3v) is 3.90. The van der Waals surface area contributed by atoms with Crippen LogP contribution in [0.2, 0.25) is 0 Å². The summed E-state index contributed by atoms with van der Waals surface area (Å²) >= 11 is 3.38. The van der Waals surface area contributed by atoms with Crippen molar-refractivity contribution in [2.24, 2.45) is 0 Å². The molecular weight excluding hydrogens is 335 g/mol. The molecule has 0 saturated heterocycles. The SMILES string of the molecule is Cc1c(C(=O)Cc2cccc(Br)c2)oc2ccc(F)cc12. The van der Waals surface area contributed by atoms with Crippen molar-refractivity contribution in [2.45, 2.75) is 13.3 Å². The van der Waals surface area contributed by atoms with E-state index in [0.29, 0.717) is 22.3 Å². The molecule has 4 heteroatoms. The molecule has 0 saturated carbocycles. The largest absolute Gasteiger partial charge is 0.453 e. The van der Waals surface area contributed by atoms with Crippen LogP contribution < -0.4 is 0 Å². The number of fused-ring (bicyclic) bond motifs is 1. The first-order valence-corrected chi connectivity index (χ1v) is 7.30. The van der Waals surface area contributed by atoms with E-state index in [1.807, 2.05) is 24.3 Å². The minimum atomic E-state index is -0.336. The number of ketones is 1. The Balaban J connectivity index is 1.96. The molecule has 0 unspecified atom stereocenters. The fraction of sp³-hybridized carbons (Fsp3) is 0.118. The lowest BCUT2D eigenvalue weighted by molar-refractivity contribution is 0.0967. The maximum absolute atomic E-state index is 13.3. The van der Waals surface area contributed by atoms with Gasteiger partial charge in [0.1, 0.15) is 11.4 Å². The Morgan fingerprint density at radius 3 is 2.81 bits per heavy atom. The second-order valence-electron chi connectivity index (χ2n) is 4.93. The first-order chi connectivity index (χ1) is 10.0. The highest BCUT2D eigenvalue weighted by Gasteiger charge is 2.18. The molecule has 21 heavy (non-hydrogen) atoms. The van der Waals surface area contributed by atoms with E-state index < -0.39 is 0 Å². The van der Waals surface area contributed by atoms with E-state index in [1.54, 1.807) is 13.0 Å². The highest BCUT2D eigenvalue weighted by molar-refractivity contribution is 9.10. The molecule has 0 fully saturated rings. The second-order valence-corrected chi connectivity index (χ2v) is 5.84. The number of carbonyl (C=O) groups is 1. The van der Waals surface area contributed by atoms with Gasteiger partial charge in [0.15, 0.2) is 5.76 Å². The number of hydrogen-bond donors (Lipinski definition) is 0. The highest BCUT2D eigenvalue weighted by atomic mass is 79.9. The third-order valence-electron chi connectivity index (χ3n) is 3.41. The van der Waals surface area contributed by atoms with Gasteiger partial charge in [-0.1, -0.05) is 28.1 Å². The Labute approximate surface area is 129 Å². The molecule has 0 aliphatic heterocycles. The zero-order chi connectivity index (χ0) is 15.0. The normalized spacial score (nSPS) is 11.0. The summed E-state index contributed by atoms with van der Waals surface area (Å²) in [6, 6.07) is 11.8. The summed E-state index contributed by atoms with van der Waals surface area (Å²) in [4.78, 5) is 12.4. The van der Waals surface area contributed by atoms with Crippen molar-refractivity contribution < 1.29 is 13.6 Å². The van der Waals surface area contributed by atoms with E-state index in [9.17, 15) is 9.18 Å². The Kier molecular flexibility index (Phi) is 3.64. The lowest BCUT2D eigenvalue weighted by Crippen LogP contribution is -2.03. The molecule has 0 aliphatic rings. The van der Waals surface area contributed by atoms with Crippen molar-refractivity contribution in [1.82, 2.24) is 0 Å². The predicted octanol–water partition coefficient (Wildman–Crippen LogP) is 5.07. The summed E-state index contributed by atoms with van der Waals surface area (Å²) in [6.07, 6.45) is 0.253. The summed E-state index contributed by atoms with van der Waals surface area (Å²) in [6.45, 7) is 1.78. The first kappa shape index (κ1) is 14.0. The van der Waals surface area contributed by atoms with Crippen LogP contribution in [0.1, 0.15) is 21.7 Å². The fourth-order valence-electron chi connectivity index (χ4n) is 2.37. The smallest absolute Gasteiger partial charge is 0.202 e. The Morgan fingerprint density at radius 1 is 1.24 bits per heavy atom. The molecule has 0 radical (unpaired) electrons. The van der Waals surface area contributed by atoms with Gasteiger partial charge in [0.25, 0.3) is 0 Å². The van der Waals surface area contributed by atoms with Crippen molar-refractivity contribution in [1.29, 1.82) is 0 Å². The van der Waals surface area contributed by atoms with Crippen LogP contribution in [0.5, 0.6) is 0 Å². The molecule has 0 spiro atoms. The van der Waals surface area contributed by atoms with Crippen LogP contribution in [0, 0.1) is 12.7 Å². The van der Waals surface area contributed by atoms with Gasteiger partial charge in [-0.05, 0) is 42.8 Å². The van der Waals surface area contributed by atoms with Crippen molar-refractivity contribution in [3.05, 3.63) is 69.6 Å². The standard InChI is InChI=1S/C17H12BrFO2/c1-10-14-9-13(19)5-6-16(14)21-17(10)15(20)8-11-3-2-4-12(18)7-11/h2-7,9H,8H2,1H3. The number of furan rings is 1. The molecule has 0 atom stereocenters. The summed E-state index contributed by atoms with van der Waals surface area (Å²) < 4.78 is 19.8. The maximum Gasteiger partial charge on any atom is 0.202 e. The molecule has 0 N–H and O–H groups in total. The second kappa shape index (κ2) is 5.45. The molecule has 3 rings (SSSR count). The molecule has 0 bridgehead atoms. The van der Waals surface area contributed by atoms with E-state index in [-0.39, 0.29) is 18.0 Å². The average molecular weight is 347 g/mol. The van der Waals surface area contributed by atoms with Crippen molar-refractivity contribution in [3.63, 3.8) is 0 Å². The lowest BCUT2D eigenvalue weighted by atomic mass is 10.0. The third kappa shape index (κ3) is 2.76. The van der Waals surface area contributed by atoms with Crippen molar-refractivity contribution >= 4 is 32.7 Å². The van der Waals surface area contributed by atoms with Crippen LogP contribution >= 0.6 is 15.9 Å². The van der Waals surface area contributed by atoms with Crippen molar-refractivity contribution in [2.75, 3.05) is 0 Å². The summed E-state index contributed by atoms with van der Waals surface area (Å²) in [7, 11) is 0. The van der Waals surface area contributed by atoms with E-state index in [2.05, 4.69) is 15.9 Å². The lowest BCUT2D eigenvalue weighted by Gasteiger charge is -2.00. The van der Waals surface area contributed by atoms with Crippen LogP contribution in [0.15, 0.2) is 51.4 Å². The van der Waals surface area contributed by atoms with Gasteiger partial charge in [-0.25, -0.2) is 4.39 Å². The molecule has 1 aromatic heterocycles. The zero-order valence-corrected chi connectivity index (χ0v) is 12.9. The number of rotatable bonds is 3. The highest BCUT2D eigenvalue weighted by Crippen LogP contribution is 2.27. The molecule has 1 heterocycles. The molecular formula is C17H12BrFO2. The van der Waals surface area contributed by atoms with Crippen LogP contribution in [-0.2, 0) is 6.42 Å². The van der Waals surface area contributed by atoms with Crippen LogP contribution in [0.3, 0.4) is 0 Å². The summed E-state index contributed by atoms with van der Waals surface area (Å²) in [5, 5.41) is 0.646. The topological polar surface area (TPSA) is 30.2 Å². The zero-order valence-electron chi connectivity index (χ0n) is 11.3. The number of Topliss-reactive ketones (excluding diaryl/α,β-unsaturated/α-hetero) is 1. The quantitative estimate of drug-likeness (QED) is 0.620. The molecule has 2 nitrogen and oxygen atoms in total. The van der Waals surface area contributed by atoms with Crippen molar-refractivity contribution in [3.8, 4) is 0 Å². The van der Waals surface area contributed by atoms with Crippen LogP contribution in [0.25, 0.3) is 11.0 Å². The van der Waals surface area contributed by atoms with Gasteiger partial charge in [0.2, 0.25) is 5.78 Å². The molecule has 0 amide bonds. The number of hydrogen-bond acceptors (Lipinski definition) is 2. The monoisotopic (exact) mass is 346 g/mol. The van der Waals surface area contributed by atoms with Crippen LogP contribution in [0.4, 0.5) is 4.39 Å². The van der Waals surface area contributed by atoms with Gasteiger partial charge in [-0.15, -0.1) is 0 Å². The predicted molar refractivity (Wildman–Crippen MR) is 83.1 cm³/mol. The molecule has 106 valence electrons. The minimum Gasteiger partial charge on any atom is -0.453 e. The Hall–Kier alpha value is -1.94. The molecule has 0 aliphatic carbocycles. The van der Waals surface area contributed by atoms with Gasteiger partial charge in [0, 0.05) is 21.8 Å². The van der Waals surface area contributed by atoms with Crippen LogP contribution in [-0.4, -0.2) is 5.78 Å². The van der Waals surface area contributed by atoms with Gasteiger partial charge in [0.05, 0.1) is 0 Å². The Bertz CT molecular complexity index is 836. The number of carbonyl (C=O) groups excluding carboxylic acids is 1. The maximum atomic E-state index is 13.3. The number of halogens is 2. The number of benzene rings is 2. The minimum absolute atomic E-state index is 0.109. The first-order valence-electron chi connectivity index (χ1n) is 6.51. The van der Waals surface area contributed by atoms with Gasteiger partial charge < -0.3 is 4.42 Å². The Morgan fingerprint density at radius 2 is 2.05 bits per heavy atom. The van der Waals surface area contributed by atoms with Gasteiger partial charge in [-0.2, -0.15) is 0 Å². The summed E-state index contributed by atoms with van der Waals surface area (Å²) in [5.41, 5.74) is 2.12. The van der Waals surface area contributed by atoms with E-state index >= 15 is 0 Å². The van der Waals surface area contributed by atoms with E-state index in [1.165, 1.54) is 12.1 Å².